The summed E-state index contributed by atoms with van der Waals surface area (Å²) >= 11 is 0. The largest absolute Gasteiger partial charge is 0.457 e. The Bertz CT molecular complexity index is 1160. The van der Waals surface area contributed by atoms with Crippen molar-refractivity contribution >= 4 is 29.2 Å². The highest BCUT2D eigenvalue weighted by Gasteiger charge is 2.14. The lowest BCUT2D eigenvalue weighted by Crippen LogP contribution is -2.32. The van der Waals surface area contributed by atoms with E-state index >= 15 is 0 Å². The molecule has 0 fully saturated rings. The molecular formula is C22H16N4O5. The zero-order valence-corrected chi connectivity index (χ0v) is 16.3. The molecule has 1 aromatic heterocycles. The van der Waals surface area contributed by atoms with Gasteiger partial charge in [0.1, 0.15) is 5.75 Å². The number of nitrogens with zero attached hydrogens (tertiary/aromatic N) is 2. The number of hydrazone groups is 1. The molecule has 0 bridgehead atoms. The first-order valence-corrected chi connectivity index (χ1v) is 8.98. The van der Waals surface area contributed by atoms with Crippen LogP contribution in [0.5, 0.6) is 5.75 Å². The van der Waals surface area contributed by atoms with Gasteiger partial charge in [-0.15, -0.1) is 0 Å². The van der Waals surface area contributed by atoms with E-state index in [2.05, 4.69) is 15.8 Å². The molecule has 0 unspecified atom stereocenters. The molecule has 0 aliphatic carbocycles. The topological polar surface area (TPSA) is 134 Å². The summed E-state index contributed by atoms with van der Waals surface area (Å²) in [6, 6.07) is 17.5. The van der Waals surface area contributed by atoms with E-state index in [4.69, 9.17) is 14.4 Å². The first-order chi connectivity index (χ1) is 15.0. The zero-order valence-electron chi connectivity index (χ0n) is 16.3. The third-order valence-corrected chi connectivity index (χ3v) is 4.01. The normalized spacial score (nSPS) is 10.6. The van der Waals surface area contributed by atoms with Gasteiger partial charge in [0, 0.05) is 5.69 Å². The molecule has 154 valence electrons. The van der Waals surface area contributed by atoms with Crippen molar-refractivity contribution in [1.29, 1.82) is 5.26 Å². The maximum Gasteiger partial charge on any atom is 0.379 e. The summed E-state index contributed by atoms with van der Waals surface area (Å²) in [7, 11) is 0. The molecule has 0 spiro atoms. The molecule has 3 aromatic rings. The Kier molecular flexibility index (Phi) is 6.55. The Labute approximate surface area is 176 Å². The van der Waals surface area contributed by atoms with Gasteiger partial charge in [0.05, 0.1) is 23.6 Å². The quantitative estimate of drug-likeness (QED) is 0.216. The lowest BCUT2D eigenvalue weighted by Gasteiger charge is -2.06. The number of ether oxygens (including phenoxy) is 1. The van der Waals surface area contributed by atoms with E-state index in [9.17, 15) is 14.4 Å². The Balaban J connectivity index is 1.55. The van der Waals surface area contributed by atoms with Gasteiger partial charge >= 0.3 is 17.8 Å². The molecule has 0 radical (unpaired) electrons. The van der Waals surface area contributed by atoms with Gasteiger partial charge in [-0.2, -0.15) is 10.4 Å². The van der Waals surface area contributed by atoms with E-state index in [1.54, 1.807) is 37.3 Å². The maximum atomic E-state index is 11.9. The minimum Gasteiger partial charge on any atom is -0.457 e. The van der Waals surface area contributed by atoms with Crippen LogP contribution in [0, 0.1) is 11.3 Å². The highest BCUT2D eigenvalue weighted by atomic mass is 16.5. The van der Waals surface area contributed by atoms with Crippen LogP contribution in [-0.4, -0.2) is 23.5 Å². The number of rotatable bonds is 5. The molecule has 2 amide bonds. The van der Waals surface area contributed by atoms with Crippen LogP contribution in [-0.2, 0) is 9.59 Å². The maximum absolute atomic E-state index is 11.9. The summed E-state index contributed by atoms with van der Waals surface area (Å²) in [5, 5.41) is 15.1. The molecule has 31 heavy (non-hydrogen) atoms. The first-order valence-electron chi connectivity index (χ1n) is 8.98. The molecule has 0 saturated carbocycles. The number of furan rings is 1. The Morgan fingerprint density at radius 1 is 1.00 bits per heavy atom. The van der Waals surface area contributed by atoms with Crippen LogP contribution < -0.4 is 15.5 Å². The van der Waals surface area contributed by atoms with Gasteiger partial charge in [-0.1, -0.05) is 0 Å². The minimum atomic E-state index is -0.951. The molecular weight excluding hydrogens is 400 g/mol. The third-order valence-electron chi connectivity index (χ3n) is 4.01. The summed E-state index contributed by atoms with van der Waals surface area (Å²) in [5.74, 6) is -2.08. The van der Waals surface area contributed by atoms with Crippen molar-refractivity contribution in [2.75, 3.05) is 5.32 Å². The van der Waals surface area contributed by atoms with E-state index < -0.39 is 17.8 Å². The number of nitriles is 1. The molecule has 9 nitrogen and oxygen atoms in total. The molecule has 1 heterocycles. The molecule has 9 heteroatoms. The summed E-state index contributed by atoms with van der Waals surface area (Å²) in [6.07, 6.45) is 1.37. The van der Waals surface area contributed by atoms with Gasteiger partial charge in [0.25, 0.3) is 0 Å². The summed E-state index contributed by atoms with van der Waals surface area (Å²) in [5.41, 5.74) is 4.06. The Morgan fingerprint density at radius 3 is 2.32 bits per heavy atom. The lowest BCUT2D eigenvalue weighted by atomic mass is 10.1. The average molecular weight is 416 g/mol. The molecule has 2 aromatic carbocycles. The Morgan fingerprint density at radius 2 is 1.71 bits per heavy atom. The number of hydrogen-bond acceptors (Lipinski definition) is 7. The standard InChI is InChI=1S/C22H16N4O5/c1-14(16-6-10-18(11-7-16)31-22(29)19-3-2-12-30-19)25-26-21(28)20(27)24-17-8-4-15(13-23)5-9-17/h2-12H,1H3,(H,24,27)(H,26,28)/b25-14+. The van der Waals surface area contributed by atoms with Crippen molar-refractivity contribution in [1.82, 2.24) is 5.43 Å². The highest BCUT2D eigenvalue weighted by Crippen LogP contribution is 2.15. The molecule has 0 aliphatic rings. The number of nitrogens with one attached hydrogen (secondary N) is 2. The van der Waals surface area contributed by atoms with Gasteiger partial charge in [0.2, 0.25) is 5.76 Å². The van der Waals surface area contributed by atoms with E-state index in [0.29, 0.717) is 28.3 Å². The Hall–Kier alpha value is -4.71. The third kappa shape index (κ3) is 5.65. The average Bonchev–Trinajstić information content (AvgIpc) is 3.33. The van der Waals surface area contributed by atoms with Gasteiger partial charge in [-0.3, -0.25) is 9.59 Å². The van der Waals surface area contributed by atoms with Crippen LogP contribution in [0.25, 0.3) is 0 Å². The van der Waals surface area contributed by atoms with E-state index in [1.165, 1.54) is 36.6 Å². The number of esters is 1. The van der Waals surface area contributed by atoms with Crippen molar-refractivity contribution < 1.29 is 23.5 Å². The number of anilines is 1. The van der Waals surface area contributed by atoms with Gasteiger partial charge in [-0.25, -0.2) is 10.2 Å². The molecule has 2 N–H and O–H groups in total. The predicted molar refractivity (Wildman–Crippen MR) is 110 cm³/mol. The summed E-state index contributed by atoms with van der Waals surface area (Å²) < 4.78 is 10.2. The van der Waals surface area contributed by atoms with E-state index in [1.807, 2.05) is 6.07 Å². The summed E-state index contributed by atoms with van der Waals surface area (Å²) in [6.45, 7) is 1.64. The van der Waals surface area contributed by atoms with Crippen molar-refractivity contribution in [2.24, 2.45) is 5.10 Å². The highest BCUT2D eigenvalue weighted by molar-refractivity contribution is 6.39. The number of benzene rings is 2. The SMILES string of the molecule is C/C(=N\NC(=O)C(=O)Nc1ccc(C#N)cc1)c1ccc(OC(=O)c2ccco2)cc1. The lowest BCUT2D eigenvalue weighted by molar-refractivity contribution is -0.136. The molecule has 3 rings (SSSR count). The first kappa shape index (κ1) is 21.0. The molecule has 0 saturated heterocycles. The van der Waals surface area contributed by atoms with Crippen molar-refractivity contribution in [3.63, 3.8) is 0 Å². The van der Waals surface area contributed by atoms with Gasteiger partial charge < -0.3 is 14.5 Å². The van der Waals surface area contributed by atoms with Crippen molar-refractivity contribution in [2.45, 2.75) is 6.92 Å². The zero-order chi connectivity index (χ0) is 22.2. The number of carbonyl (C=O) groups is 3. The van der Waals surface area contributed by atoms with Crippen molar-refractivity contribution in [3.8, 4) is 11.8 Å². The van der Waals surface area contributed by atoms with Crippen molar-refractivity contribution in [3.05, 3.63) is 83.8 Å². The van der Waals surface area contributed by atoms with Crippen LogP contribution in [0.2, 0.25) is 0 Å². The fraction of sp³-hybridized carbons (Fsp3) is 0.0455. The minimum absolute atomic E-state index is 0.0869. The second kappa shape index (κ2) is 9.67. The van der Waals surface area contributed by atoms with Crippen LogP contribution in [0.1, 0.15) is 28.6 Å². The predicted octanol–water partition coefficient (Wildman–Crippen LogP) is 2.85. The fourth-order valence-electron chi connectivity index (χ4n) is 2.38. The fourth-order valence-corrected chi connectivity index (χ4v) is 2.38. The number of carbonyl (C=O) groups excluding carboxylic acids is 3. The van der Waals surface area contributed by atoms with Crippen LogP contribution >= 0.6 is 0 Å². The second-order valence-corrected chi connectivity index (χ2v) is 6.17. The van der Waals surface area contributed by atoms with Gasteiger partial charge in [-0.05, 0) is 73.2 Å². The van der Waals surface area contributed by atoms with Crippen LogP contribution in [0.4, 0.5) is 5.69 Å². The van der Waals surface area contributed by atoms with E-state index in [0.717, 1.165) is 0 Å². The summed E-state index contributed by atoms with van der Waals surface area (Å²) in [4.78, 5) is 35.8. The molecule has 0 atom stereocenters. The second-order valence-electron chi connectivity index (χ2n) is 6.17. The van der Waals surface area contributed by atoms with Crippen LogP contribution in [0.3, 0.4) is 0 Å². The van der Waals surface area contributed by atoms with E-state index in [-0.39, 0.29) is 5.76 Å². The monoisotopic (exact) mass is 416 g/mol. The number of amides is 2. The van der Waals surface area contributed by atoms with Crippen LogP contribution in [0.15, 0.2) is 76.4 Å². The molecule has 0 aliphatic heterocycles. The smallest absolute Gasteiger partial charge is 0.379 e. The number of hydrogen-bond donors (Lipinski definition) is 2. The van der Waals surface area contributed by atoms with Gasteiger partial charge in [0.15, 0.2) is 0 Å².